The van der Waals surface area contributed by atoms with Crippen molar-refractivity contribution < 1.29 is 9.46 Å². The van der Waals surface area contributed by atoms with Gasteiger partial charge in [-0.3, -0.25) is 4.57 Å². The predicted molar refractivity (Wildman–Crippen MR) is 90.4 cm³/mol. The van der Waals surface area contributed by atoms with Gasteiger partial charge in [0.25, 0.3) is 7.37 Å². The molecule has 0 saturated heterocycles. The molecule has 112 valence electrons. The Balaban J connectivity index is 2.78. The molecule has 0 atom stereocenters. The summed E-state index contributed by atoms with van der Waals surface area (Å²) in [5.74, 6) is 0. The highest BCUT2D eigenvalue weighted by molar-refractivity contribution is 7.73. The molecule has 3 heteroatoms. The van der Waals surface area contributed by atoms with Crippen molar-refractivity contribution in [3.8, 4) is 0 Å². The quantitative estimate of drug-likeness (QED) is 0.858. The fourth-order valence-corrected chi connectivity index (χ4v) is 5.81. The fraction of sp³-hybridized carbons (Fsp3) is 0.333. The smallest absolute Gasteiger partial charge is 0.259 e. The molecule has 2 rings (SSSR count). The van der Waals surface area contributed by atoms with E-state index in [1.165, 1.54) is 0 Å². The van der Waals surface area contributed by atoms with Crippen LogP contribution in [0.3, 0.4) is 0 Å². The summed E-state index contributed by atoms with van der Waals surface area (Å²) < 4.78 is 13.3. The zero-order valence-corrected chi connectivity index (χ0v) is 14.5. The van der Waals surface area contributed by atoms with Crippen LogP contribution >= 0.6 is 7.37 Å². The van der Waals surface area contributed by atoms with Gasteiger partial charge >= 0.3 is 0 Å². The predicted octanol–water partition coefficient (Wildman–Crippen LogP) is 3.76. The van der Waals surface area contributed by atoms with Crippen LogP contribution in [0.1, 0.15) is 33.4 Å². The molecule has 2 aromatic carbocycles. The van der Waals surface area contributed by atoms with E-state index in [4.69, 9.17) is 0 Å². The highest BCUT2D eigenvalue weighted by Gasteiger charge is 2.31. The molecule has 21 heavy (non-hydrogen) atoms. The lowest BCUT2D eigenvalue weighted by Crippen LogP contribution is -2.24. The lowest BCUT2D eigenvalue weighted by molar-refractivity contribution is 0.500. The lowest BCUT2D eigenvalue weighted by Gasteiger charge is -2.22. The van der Waals surface area contributed by atoms with Gasteiger partial charge in [0.1, 0.15) is 0 Å². The second-order valence-electron chi connectivity index (χ2n) is 6.07. The van der Waals surface area contributed by atoms with Crippen LogP contribution in [0.25, 0.3) is 0 Å². The monoisotopic (exact) mass is 302 g/mol. The summed E-state index contributed by atoms with van der Waals surface area (Å²) in [6.45, 7) is 11.7. The molecule has 2 aromatic rings. The normalized spacial score (nSPS) is 11.8. The van der Waals surface area contributed by atoms with E-state index in [1.807, 2.05) is 65.8 Å². The molecule has 0 heterocycles. The van der Waals surface area contributed by atoms with Gasteiger partial charge in [-0.25, -0.2) is 0 Å². The summed E-state index contributed by atoms with van der Waals surface area (Å²) >= 11 is 0. The maximum Gasteiger partial charge on any atom is 0.259 e. The average Bonchev–Trinajstić information content (AvgIpc) is 2.23. The minimum Gasteiger partial charge on any atom is -0.338 e. The van der Waals surface area contributed by atoms with Gasteiger partial charge in [-0.05, 0) is 63.8 Å². The van der Waals surface area contributed by atoms with Gasteiger partial charge in [-0.1, -0.05) is 35.4 Å². The third kappa shape index (κ3) is 2.84. The van der Waals surface area contributed by atoms with Gasteiger partial charge in [-0.2, -0.15) is 0 Å². The Kier molecular flexibility index (Phi) is 4.15. The number of benzene rings is 2. The largest absolute Gasteiger partial charge is 0.338 e. The van der Waals surface area contributed by atoms with E-state index in [2.05, 4.69) is 0 Å². The van der Waals surface area contributed by atoms with Crippen molar-refractivity contribution in [2.75, 3.05) is 0 Å². The van der Waals surface area contributed by atoms with Crippen molar-refractivity contribution in [1.82, 2.24) is 0 Å². The second-order valence-corrected chi connectivity index (χ2v) is 8.12. The lowest BCUT2D eigenvalue weighted by atomic mass is 10.1. The van der Waals surface area contributed by atoms with Crippen LogP contribution in [0.15, 0.2) is 24.3 Å². The van der Waals surface area contributed by atoms with Gasteiger partial charge in [0.2, 0.25) is 0 Å². The molecule has 0 aliphatic heterocycles. The standard InChI is InChI=1S/C18H23O2P/c1-11-7-13(3)17(14(4)8-11)21(19,20)18-15(5)9-12(2)10-16(18)6/h7-10H,1-6H3,(H,19,20). The van der Waals surface area contributed by atoms with Gasteiger partial charge in [0.15, 0.2) is 0 Å². The number of aryl methyl sites for hydroxylation is 6. The van der Waals surface area contributed by atoms with E-state index in [1.54, 1.807) is 0 Å². The van der Waals surface area contributed by atoms with Crippen molar-refractivity contribution in [2.45, 2.75) is 41.5 Å². The van der Waals surface area contributed by atoms with Crippen molar-refractivity contribution in [3.63, 3.8) is 0 Å². The third-order valence-corrected chi connectivity index (χ3v) is 6.50. The van der Waals surface area contributed by atoms with E-state index >= 15 is 0 Å². The van der Waals surface area contributed by atoms with Crippen LogP contribution in [0.2, 0.25) is 0 Å². The first-order valence-electron chi connectivity index (χ1n) is 7.14. The highest BCUT2D eigenvalue weighted by Crippen LogP contribution is 2.43. The van der Waals surface area contributed by atoms with Gasteiger partial charge in [-0.15, -0.1) is 0 Å². The van der Waals surface area contributed by atoms with E-state index in [9.17, 15) is 9.46 Å². The SMILES string of the molecule is Cc1cc(C)c(P(=O)(O)c2c(C)cc(C)cc2C)c(C)c1. The molecule has 0 fully saturated rings. The minimum absolute atomic E-state index is 0.586. The molecule has 0 bridgehead atoms. The molecular formula is C18H23O2P. The molecular weight excluding hydrogens is 279 g/mol. The van der Waals surface area contributed by atoms with Gasteiger partial charge in [0, 0.05) is 10.6 Å². The van der Waals surface area contributed by atoms with Crippen molar-refractivity contribution in [3.05, 3.63) is 57.6 Å². The van der Waals surface area contributed by atoms with Crippen LogP contribution in [-0.4, -0.2) is 4.89 Å². The summed E-state index contributed by atoms with van der Waals surface area (Å²) in [5.41, 5.74) is 5.78. The summed E-state index contributed by atoms with van der Waals surface area (Å²) in [6.07, 6.45) is 0. The molecule has 0 aliphatic carbocycles. The molecule has 0 spiro atoms. The van der Waals surface area contributed by atoms with Crippen LogP contribution in [0.4, 0.5) is 0 Å². The first kappa shape index (κ1) is 16.0. The Labute approximate surface area is 127 Å². The molecule has 0 aliphatic rings. The molecule has 1 N–H and O–H groups in total. The third-order valence-electron chi connectivity index (χ3n) is 3.88. The number of hydrogen-bond acceptors (Lipinski definition) is 1. The fourth-order valence-electron chi connectivity index (χ4n) is 3.41. The van der Waals surface area contributed by atoms with Crippen LogP contribution < -0.4 is 10.6 Å². The Morgan fingerprint density at radius 1 is 0.667 bits per heavy atom. The molecule has 2 nitrogen and oxygen atoms in total. The van der Waals surface area contributed by atoms with Crippen molar-refractivity contribution >= 4 is 18.0 Å². The van der Waals surface area contributed by atoms with Crippen LogP contribution in [0.5, 0.6) is 0 Å². The first-order valence-corrected chi connectivity index (χ1v) is 8.80. The minimum atomic E-state index is -3.59. The summed E-state index contributed by atoms with van der Waals surface area (Å²) in [6, 6.07) is 7.90. The molecule has 0 aromatic heterocycles. The highest BCUT2D eigenvalue weighted by atomic mass is 31.2. The van der Waals surface area contributed by atoms with E-state index in [-0.39, 0.29) is 0 Å². The zero-order chi connectivity index (χ0) is 15.9. The maximum absolute atomic E-state index is 13.3. The Hall–Kier alpha value is -1.37. The number of rotatable bonds is 2. The van der Waals surface area contributed by atoms with Crippen molar-refractivity contribution in [1.29, 1.82) is 0 Å². The zero-order valence-electron chi connectivity index (χ0n) is 13.6. The van der Waals surface area contributed by atoms with Crippen LogP contribution in [-0.2, 0) is 4.57 Å². The van der Waals surface area contributed by atoms with Gasteiger partial charge in [0.05, 0.1) is 0 Å². The van der Waals surface area contributed by atoms with Crippen molar-refractivity contribution in [2.24, 2.45) is 0 Å². The second kappa shape index (κ2) is 5.44. The Bertz CT molecular complexity index is 652. The average molecular weight is 302 g/mol. The van der Waals surface area contributed by atoms with Crippen LogP contribution in [0, 0.1) is 41.5 Å². The Morgan fingerprint density at radius 3 is 1.14 bits per heavy atom. The number of hydrogen-bond donors (Lipinski definition) is 1. The molecule has 0 amide bonds. The molecule has 0 saturated carbocycles. The Morgan fingerprint density at radius 2 is 0.905 bits per heavy atom. The summed E-state index contributed by atoms with van der Waals surface area (Å²) in [5, 5.41) is 1.17. The van der Waals surface area contributed by atoms with Gasteiger partial charge < -0.3 is 4.89 Å². The summed E-state index contributed by atoms with van der Waals surface area (Å²) in [7, 11) is -3.59. The molecule has 0 radical (unpaired) electrons. The van der Waals surface area contributed by atoms with E-state index in [0.29, 0.717) is 10.6 Å². The summed E-state index contributed by atoms with van der Waals surface area (Å²) in [4.78, 5) is 10.9. The van der Waals surface area contributed by atoms with E-state index < -0.39 is 7.37 Å². The molecule has 0 unspecified atom stereocenters. The first-order chi connectivity index (χ1) is 9.64. The van der Waals surface area contributed by atoms with E-state index in [0.717, 1.165) is 33.4 Å². The maximum atomic E-state index is 13.3. The topological polar surface area (TPSA) is 37.3 Å².